The molecule has 0 aromatic heterocycles. The third-order valence-corrected chi connectivity index (χ3v) is 4.05. The molecular weight excluding hydrogens is 358 g/mol. The van der Waals surface area contributed by atoms with Crippen LogP contribution in [0.5, 0.6) is 5.75 Å². The molecule has 0 fully saturated rings. The van der Waals surface area contributed by atoms with Crippen molar-refractivity contribution in [2.24, 2.45) is 0 Å². The number of hydrogen-bond donors (Lipinski definition) is 3. The standard InChI is InChI=1S/C13H8Cl4N2O2/c14-8-5-9(15)11(17)12(10(8)16)19-13(21)18-6-1-3-7(20)4-2-6/h1-5,20H,(H2,18,19,21). The summed E-state index contributed by atoms with van der Waals surface area (Å²) in [6, 6.07) is 6.74. The van der Waals surface area contributed by atoms with Gasteiger partial charge >= 0.3 is 6.03 Å². The number of carbonyl (C=O) groups excluding carboxylic acids is 1. The Morgan fingerprint density at radius 1 is 0.905 bits per heavy atom. The van der Waals surface area contributed by atoms with E-state index >= 15 is 0 Å². The highest BCUT2D eigenvalue weighted by molar-refractivity contribution is 6.50. The van der Waals surface area contributed by atoms with E-state index in [2.05, 4.69) is 10.6 Å². The van der Waals surface area contributed by atoms with Gasteiger partial charge in [0.25, 0.3) is 0 Å². The smallest absolute Gasteiger partial charge is 0.323 e. The van der Waals surface area contributed by atoms with Crippen LogP contribution in [0.1, 0.15) is 0 Å². The molecule has 2 aromatic carbocycles. The van der Waals surface area contributed by atoms with Gasteiger partial charge in [0.2, 0.25) is 0 Å². The number of halogens is 4. The Morgan fingerprint density at radius 3 is 1.95 bits per heavy atom. The van der Waals surface area contributed by atoms with E-state index in [1.807, 2.05) is 0 Å². The van der Waals surface area contributed by atoms with E-state index in [1.54, 1.807) is 0 Å². The summed E-state index contributed by atoms with van der Waals surface area (Å²) in [5.74, 6) is 0.0914. The van der Waals surface area contributed by atoms with Crippen LogP contribution in [0, 0.1) is 0 Å². The van der Waals surface area contributed by atoms with E-state index in [0.717, 1.165) is 0 Å². The number of amides is 2. The van der Waals surface area contributed by atoms with E-state index in [9.17, 15) is 4.79 Å². The number of aromatic hydroxyl groups is 1. The number of anilines is 2. The van der Waals surface area contributed by atoms with Gasteiger partial charge in [-0.05, 0) is 30.3 Å². The van der Waals surface area contributed by atoms with E-state index in [0.29, 0.717) is 5.69 Å². The molecule has 0 saturated carbocycles. The Bertz CT molecular complexity index is 663. The molecule has 21 heavy (non-hydrogen) atoms. The van der Waals surface area contributed by atoms with Crippen LogP contribution in [-0.4, -0.2) is 11.1 Å². The van der Waals surface area contributed by atoms with Crippen LogP contribution in [0.25, 0.3) is 0 Å². The van der Waals surface area contributed by atoms with Gasteiger partial charge in [0, 0.05) is 5.69 Å². The second-order valence-corrected chi connectivity index (χ2v) is 5.54. The number of nitrogens with one attached hydrogen (secondary N) is 2. The maximum Gasteiger partial charge on any atom is 0.323 e. The topological polar surface area (TPSA) is 61.4 Å². The van der Waals surface area contributed by atoms with E-state index < -0.39 is 6.03 Å². The molecule has 0 bridgehead atoms. The van der Waals surface area contributed by atoms with Crippen molar-refractivity contribution < 1.29 is 9.90 Å². The molecule has 0 spiro atoms. The monoisotopic (exact) mass is 364 g/mol. The van der Waals surface area contributed by atoms with Crippen LogP contribution in [-0.2, 0) is 0 Å². The molecule has 2 rings (SSSR count). The van der Waals surface area contributed by atoms with Gasteiger partial charge in [0.15, 0.2) is 0 Å². The van der Waals surface area contributed by atoms with E-state index in [-0.39, 0.29) is 31.5 Å². The first kappa shape index (κ1) is 16.0. The van der Waals surface area contributed by atoms with Crippen molar-refractivity contribution in [1.82, 2.24) is 0 Å². The zero-order valence-corrected chi connectivity index (χ0v) is 13.3. The van der Waals surface area contributed by atoms with Crippen LogP contribution in [0.3, 0.4) is 0 Å². The molecular formula is C13H8Cl4N2O2. The molecule has 2 amide bonds. The summed E-state index contributed by atoms with van der Waals surface area (Å²) in [5.41, 5.74) is 0.595. The quantitative estimate of drug-likeness (QED) is 0.475. The van der Waals surface area contributed by atoms with Crippen LogP contribution in [0.2, 0.25) is 20.1 Å². The molecule has 3 N–H and O–H groups in total. The van der Waals surface area contributed by atoms with Crippen molar-refractivity contribution in [3.8, 4) is 5.75 Å². The summed E-state index contributed by atoms with van der Waals surface area (Å²) in [6.45, 7) is 0. The number of phenolic OH excluding ortho intramolecular Hbond substituents is 1. The lowest BCUT2D eigenvalue weighted by molar-refractivity contribution is 0.262. The van der Waals surface area contributed by atoms with Crippen LogP contribution >= 0.6 is 46.4 Å². The molecule has 110 valence electrons. The highest BCUT2D eigenvalue weighted by Crippen LogP contribution is 2.41. The van der Waals surface area contributed by atoms with Crippen molar-refractivity contribution in [2.45, 2.75) is 0 Å². The number of benzene rings is 2. The molecule has 4 nitrogen and oxygen atoms in total. The lowest BCUT2D eigenvalue weighted by Crippen LogP contribution is -2.20. The van der Waals surface area contributed by atoms with E-state index in [1.165, 1.54) is 30.3 Å². The summed E-state index contributed by atoms with van der Waals surface area (Å²) >= 11 is 23.7. The average molecular weight is 366 g/mol. The lowest BCUT2D eigenvalue weighted by atomic mass is 10.3. The fraction of sp³-hybridized carbons (Fsp3) is 0. The predicted octanol–water partition coefficient (Wildman–Crippen LogP) is 5.65. The second kappa shape index (κ2) is 6.62. The molecule has 0 heterocycles. The molecule has 8 heteroatoms. The van der Waals surface area contributed by atoms with Crippen molar-refractivity contribution in [3.05, 3.63) is 50.4 Å². The van der Waals surface area contributed by atoms with Crippen LogP contribution in [0.15, 0.2) is 30.3 Å². The SMILES string of the molecule is O=C(Nc1ccc(O)cc1)Nc1c(Cl)c(Cl)cc(Cl)c1Cl. The first-order valence-electron chi connectivity index (χ1n) is 5.58. The Kier molecular flexibility index (Phi) is 5.06. The molecule has 0 aliphatic carbocycles. The Balaban J connectivity index is 2.18. The molecule has 2 aromatic rings. The Labute approximate surface area is 140 Å². The van der Waals surface area contributed by atoms with Gasteiger partial charge in [-0.3, -0.25) is 0 Å². The van der Waals surface area contributed by atoms with Gasteiger partial charge in [-0.15, -0.1) is 0 Å². The normalized spacial score (nSPS) is 10.3. The van der Waals surface area contributed by atoms with Gasteiger partial charge in [-0.25, -0.2) is 4.79 Å². The third-order valence-electron chi connectivity index (χ3n) is 2.48. The Morgan fingerprint density at radius 2 is 1.43 bits per heavy atom. The zero-order chi connectivity index (χ0) is 15.6. The number of urea groups is 1. The zero-order valence-electron chi connectivity index (χ0n) is 10.3. The number of rotatable bonds is 2. The molecule has 0 radical (unpaired) electrons. The fourth-order valence-electron chi connectivity index (χ4n) is 1.50. The summed E-state index contributed by atoms with van der Waals surface area (Å²) in [4.78, 5) is 11.9. The summed E-state index contributed by atoms with van der Waals surface area (Å²) < 4.78 is 0. The minimum Gasteiger partial charge on any atom is -0.508 e. The van der Waals surface area contributed by atoms with Crippen molar-refractivity contribution in [2.75, 3.05) is 10.6 Å². The van der Waals surface area contributed by atoms with Gasteiger partial charge in [-0.1, -0.05) is 46.4 Å². The van der Waals surface area contributed by atoms with Crippen LogP contribution < -0.4 is 10.6 Å². The molecule has 0 aliphatic heterocycles. The highest BCUT2D eigenvalue weighted by atomic mass is 35.5. The minimum atomic E-state index is -0.581. The van der Waals surface area contributed by atoms with Crippen LogP contribution in [0.4, 0.5) is 16.2 Å². The summed E-state index contributed by atoms with van der Waals surface area (Å²) in [7, 11) is 0. The van der Waals surface area contributed by atoms with Crippen molar-refractivity contribution in [3.63, 3.8) is 0 Å². The number of hydrogen-bond acceptors (Lipinski definition) is 2. The van der Waals surface area contributed by atoms with Gasteiger partial charge in [0.05, 0.1) is 25.8 Å². The maximum atomic E-state index is 11.9. The summed E-state index contributed by atoms with van der Waals surface area (Å²) in [6.07, 6.45) is 0. The van der Waals surface area contributed by atoms with Gasteiger partial charge in [-0.2, -0.15) is 0 Å². The first-order chi connectivity index (χ1) is 9.88. The lowest BCUT2D eigenvalue weighted by Gasteiger charge is -2.12. The predicted molar refractivity (Wildman–Crippen MR) is 87.2 cm³/mol. The largest absolute Gasteiger partial charge is 0.508 e. The van der Waals surface area contributed by atoms with Crippen molar-refractivity contribution in [1.29, 1.82) is 0 Å². The van der Waals surface area contributed by atoms with E-state index in [4.69, 9.17) is 51.5 Å². The number of phenols is 1. The second-order valence-electron chi connectivity index (χ2n) is 3.97. The maximum absolute atomic E-state index is 11.9. The highest BCUT2D eigenvalue weighted by Gasteiger charge is 2.16. The van der Waals surface area contributed by atoms with Crippen molar-refractivity contribution >= 4 is 63.8 Å². The average Bonchev–Trinajstić information content (AvgIpc) is 2.44. The molecule has 0 saturated heterocycles. The Hall–Kier alpha value is -1.33. The summed E-state index contributed by atoms with van der Waals surface area (Å²) in [5, 5.41) is 14.7. The molecule has 0 atom stereocenters. The minimum absolute atomic E-state index is 0.0897. The van der Waals surface area contributed by atoms with Gasteiger partial charge in [0.1, 0.15) is 5.75 Å². The first-order valence-corrected chi connectivity index (χ1v) is 7.09. The third kappa shape index (κ3) is 3.86. The van der Waals surface area contributed by atoms with Gasteiger partial charge < -0.3 is 15.7 Å². The molecule has 0 aliphatic rings. The fourth-order valence-corrected chi connectivity index (χ4v) is 2.41. The molecule has 0 unspecified atom stereocenters. The number of carbonyl (C=O) groups is 1.